The third kappa shape index (κ3) is 3.62. The highest BCUT2D eigenvalue weighted by molar-refractivity contribution is 7.89. The van der Waals surface area contributed by atoms with Crippen LogP contribution in [-0.2, 0) is 10.0 Å². The number of carboxylic acid groups (broad SMARTS) is 1. The van der Waals surface area contributed by atoms with Crippen molar-refractivity contribution in [2.45, 2.75) is 17.9 Å². The number of benzene rings is 1. The van der Waals surface area contributed by atoms with Crippen LogP contribution in [0.15, 0.2) is 40.6 Å². The summed E-state index contributed by atoms with van der Waals surface area (Å²) in [6.07, 6.45) is 0. The maximum Gasteiger partial charge on any atom is 0.345 e. The third-order valence-electron chi connectivity index (χ3n) is 2.80. The Morgan fingerprint density at radius 3 is 2.62 bits per heavy atom. The molecule has 1 heterocycles. The standard InChI is InChI=1S/C13H12ClNO4S2/c1-8(10-4-2-3-5-11(10)14)15-21(18,19)9-6-12(13(16)17)20-7-9/h2-8,15H,1H3,(H,16,17)/t8-/m1/s1. The van der Waals surface area contributed by atoms with Gasteiger partial charge in [0.25, 0.3) is 0 Å². The number of carboxylic acids is 1. The maximum atomic E-state index is 12.2. The largest absolute Gasteiger partial charge is 0.477 e. The highest BCUT2D eigenvalue weighted by Gasteiger charge is 2.22. The maximum absolute atomic E-state index is 12.2. The Morgan fingerprint density at radius 2 is 2.05 bits per heavy atom. The summed E-state index contributed by atoms with van der Waals surface area (Å²) in [4.78, 5) is 10.7. The third-order valence-corrected chi connectivity index (χ3v) is 5.73. The molecule has 0 aliphatic heterocycles. The van der Waals surface area contributed by atoms with Crippen LogP contribution in [0.2, 0.25) is 5.02 Å². The molecule has 0 saturated heterocycles. The smallest absolute Gasteiger partial charge is 0.345 e. The Labute approximate surface area is 131 Å². The Hall–Kier alpha value is -1.41. The van der Waals surface area contributed by atoms with E-state index in [0.29, 0.717) is 10.6 Å². The van der Waals surface area contributed by atoms with Crippen molar-refractivity contribution >= 4 is 38.9 Å². The molecule has 0 unspecified atom stereocenters. The fourth-order valence-electron chi connectivity index (χ4n) is 1.76. The summed E-state index contributed by atoms with van der Waals surface area (Å²) >= 11 is 6.89. The number of hydrogen-bond acceptors (Lipinski definition) is 4. The molecule has 2 aromatic rings. The van der Waals surface area contributed by atoms with Gasteiger partial charge in [0.1, 0.15) is 4.88 Å². The molecule has 0 aliphatic rings. The van der Waals surface area contributed by atoms with Gasteiger partial charge < -0.3 is 5.11 Å². The van der Waals surface area contributed by atoms with Gasteiger partial charge in [-0.2, -0.15) is 0 Å². The van der Waals surface area contributed by atoms with Crippen molar-refractivity contribution in [1.29, 1.82) is 0 Å². The molecular weight excluding hydrogens is 334 g/mol. The lowest BCUT2D eigenvalue weighted by Gasteiger charge is -2.15. The van der Waals surface area contributed by atoms with Crippen LogP contribution in [0.4, 0.5) is 0 Å². The normalized spacial score (nSPS) is 13.0. The predicted octanol–water partition coefficient (Wildman–Crippen LogP) is 3.14. The number of hydrogen-bond donors (Lipinski definition) is 2. The molecule has 0 aliphatic carbocycles. The molecule has 21 heavy (non-hydrogen) atoms. The number of rotatable bonds is 5. The van der Waals surface area contributed by atoms with Crippen LogP contribution < -0.4 is 4.72 Å². The summed E-state index contributed by atoms with van der Waals surface area (Å²) in [5.41, 5.74) is 0.649. The van der Waals surface area contributed by atoms with Crippen molar-refractivity contribution in [3.8, 4) is 0 Å². The van der Waals surface area contributed by atoms with Crippen LogP contribution in [-0.4, -0.2) is 19.5 Å². The highest BCUT2D eigenvalue weighted by Crippen LogP contribution is 2.25. The minimum Gasteiger partial charge on any atom is -0.477 e. The summed E-state index contributed by atoms with van der Waals surface area (Å²) in [6.45, 7) is 1.67. The molecule has 0 radical (unpaired) electrons. The number of nitrogens with one attached hydrogen (secondary N) is 1. The van der Waals surface area contributed by atoms with Crippen molar-refractivity contribution in [2.24, 2.45) is 0 Å². The fourth-order valence-corrected chi connectivity index (χ4v) is 4.40. The lowest BCUT2D eigenvalue weighted by molar-refractivity contribution is 0.0702. The van der Waals surface area contributed by atoms with E-state index in [-0.39, 0.29) is 9.77 Å². The van der Waals surface area contributed by atoms with Gasteiger partial charge in [-0.3, -0.25) is 0 Å². The van der Waals surface area contributed by atoms with Crippen LogP contribution in [0.1, 0.15) is 28.2 Å². The van der Waals surface area contributed by atoms with Crippen LogP contribution in [0.5, 0.6) is 0 Å². The van der Waals surface area contributed by atoms with Crippen LogP contribution in [0.3, 0.4) is 0 Å². The molecule has 2 N–H and O–H groups in total. The molecule has 1 aromatic carbocycles. The van der Waals surface area contributed by atoms with E-state index in [2.05, 4.69) is 4.72 Å². The molecule has 0 saturated carbocycles. The van der Waals surface area contributed by atoms with E-state index in [4.69, 9.17) is 16.7 Å². The van der Waals surface area contributed by atoms with Crippen molar-refractivity contribution < 1.29 is 18.3 Å². The molecule has 112 valence electrons. The topological polar surface area (TPSA) is 83.5 Å². The van der Waals surface area contributed by atoms with E-state index < -0.39 is 22.0 Å². The monoisotopic (exact) mass is 345 g/mol. The Bertz CT molecular complexity index is 770. The zero-order valence-corrected chi connectivity index (χ0v) is 13.3. The zero-order valence-electron chi connectivity index (χ0n) is 10.9. The first kappa shape index (κ1) is 16.0. The summed E-state index contributed by atoms with van der Waals surface area (Å²) in [7, 11) is -3.80. The fraction of sp³-hybridized carbons (Fsp3) is 0.154. The molecule has 5 nitrogen and oxygen atoms in total. The number of carbonyl (C=O) groups is 1. The van der Waals surface area contributed by atoms with E-state index in [0.717, 1.165) is 17.4 Å². The first-order valence-corrected chi connectivity index (χ1v) is 8.64. The zero-order chi connectivity index (χ0) is 15.6. The highest BCUT2D eigenvalue weighted by atomic mass is 35.5. The molecule has 0 amide bonds. The van der Waals surface area contributed by atoms with Crippen LogP contribution in [0, 0.1) is 0 Å². The van der Waals surface area contributed by atoms with Gasteiger partial charge in [-0.25, -0.2) is 17.9 Å². The summed E-state index contributed by atoms with van der Waals surface area (Å²) in [5.74, 6) is -1.15. The van der Waals surface area contributed by atoms with Crippen molar-refractivity contribution in [3.05, 3.63) is 51.2 Å². The number of sulfonamides is 1. The van der Waals surface area contributed by atoms with Crippen molar-refractivity contribution in [3.63, 3.8) is 0 Å². The molecule has 0 spiro atoms. The van der Waals surface area contributed by atoms with Gasteiger partial charge in [0, 0.05) is 16.4 Å². The first-order valence-electron chi connectivity index (χ1n) is 5.90. The molecule has 8 heteroatoms. The second-order valence-corrected chi connectivity index (χ2v) is 7.35. The lowest BCUT2D eigenvalue weighted by Crippen LogP contribution is -2.26. The summed E-state index contributed by atoms with van der Waals surface area (Å²) in [5, 5.41) is 10.6. The lowest BCUT2D eigenvalue weighted by atomic mass is 10.1. The van der Waals surface area contributed by atoms with E-state index in [9.17, 15) is 13.2 Å². The Kier molecular flexibility index (Phi) is 4.67. The quantitative estimate of drug-likeness (QED) is 0.872. The average Bonchev–Trinajstić information content (AvgIpc) is 2.89. The van der Waals surface area contributed by atoms with Crippen molar-refractivity contribution in [1.82, 2.24) is 4.72 Å². The van der Waals surface area contributed by atoms with Crippen molar-refractivity contribution in [2.75, 3.05) is 0 Å². The Balaban J connectivity index is 2.24. The van der Waals surface area contributed by atoms with Crippen LogP contribution >= 0.6 is 22.9 Å². The second-order valence-electron chi connectivity index (χ2n) is 4.32. The minimum atomic E-state index is -3.80. The van der Waals surface area contributed by atoms with Gasteiger partial charge >= 0.3 is 5.97 Å². The average molecular weight is 346 g/mol. The second kappa shape index (κ2) is 6.15. The van der Waals surface area contributed by atoms with Gasteiger partial charge in [-0.05, 0) is 24.6 Å². The molecular formula is C13H12ClNO4S2. The SMILES string of the molecule is C[C@@H](NS(=O)(=O)c1csc(C(=O)O)c1)c1ccccc1Cl. The number of aromatic carboxylic acids is 1. The summed E-state index contributed by atoms with van der Waals surface area (Å²) in [6, 6.07) is 7.52. The van der Waals surface area contributed by atoms with E-state index in [1.807, 2.05) is 0 Å². The van der Waals surface area contributed by atoms with Gasteiger partial charge in [-0.15, -0.1) is 11.3 Å². The molecule has 1 atom stereocenters. The minimum absolute atomic E-state index is 0.0271. The van der Waals surface area contributed by atoms with Gasteiger partial charge in [0.2, 0.25) is 10.0 Å². The summed E-state index contributed by atoms with van der Waals surface area (Å²) < 4.78 is 26.9. The predicted molar refractivity (Wildman–Crippen MR) is 81.5 cm³/mol. The van der Waals surface area contributed by atoms with E-state index in [1.165, 1.54) is 5.38 Å². The van der Waals surface area contributed by atoms with Gasteiger partial charge in [0.05, 0.1) is 4.90 Å². The van der Waals surface area contributed by atoms with E-state index >= 15 is 0 Å². The van der Waals surface area contributed by atoms with Gasteiger partial charge in [0.15, 0.2) is 0 Å². The number of thiophene rings is 1. The molecule has 0 fully saturated rings. The van der Waals surface area contributed by atoms with E-state index in [1.54, 1.807) is 31.2 Å². The molecule has 1 aromatic heterocycles. The molecule has 0 bridgehead atoms. The van der Waals surface area contributed by atoms with Crippen LogP contribution in [0.25, 0.3) is 0 Å². The number of halogens is 1. The molecule has 2 rings (SSSR count). The van der Waals surface area contributed by atoms with Gasteiger partial charge in [-0.1, -0.05) is 29.8 Å². The Morgan fingerprint density at radius 1 is 1.38 bits per heavy atom. The first-order chi connectivity index (χ1) is 9.81.